The van der Waals surface area contributed by atoms with Crippen LogP contribution in [0.3, 0.4) is 0 Å². The molecule has 4 nitrogen and oxygen atoms in total. The van der Waals surface area contributed by atoms with Crippen molar-refractivity contribution in [3.8, 4) is 0 Å². The summed E-state index contributed by atoms with van der Waals surface area (Å²) in [6.45, 7) is 0. The topological polar surface area (TPSA) is 58.9 Å². The van der Waals surface area contributed by atoms with E-state index < -0.39 is 4.92 Å². The molecule has 0 aliphatic rings. The summed E-state index contributed by atoms with van der Waals surface area (Å²) in [4.78, 5) is 12.8. The number of nitrogens with zero attached hydrogens (tertiary/aromatic N) is 1. The Hall–Kier alpha value is -1.84. The van der Waals surface area contributed by atoms with Crippen LogP contribution in [0.25, 0.3) is 10.9 Å². The number of nitro groups is 1. The fraction of sp³-hybridized carbons (Fsp3) is 0. The fourth-order valence-electron chi connectivity index (χ4n) is 1.08. The molecule has 0 bridgehead atoms. The highest BCUT2D eigenvalue weighted by Gasteiger charge is 2.05. The van der Waals surface area contributed by atoms with E-state index in [1.54, 1.807) is 6.07 Å². The lowest BCUT2D eigenvalue weighted by Gasteiger charge is -1.90. The van der Waals surface area contributed by atoms with Crippen molar-refractivity contribution in [2.45, 2.75) is 0 Å². The molecule has 0 saturated carbocycles. The molecule has 0 spiro atoms. The van der Waals surface area contributed by atoms with Crippen LogP contribution in [0.15, 0.2) is 30.4 Å². The summed E-state index contributed by atoms with van der Waals surface area (Å²) in [6, 6.07) is 4.69. The number of non-ortho nitro benzene ring substituents is 1. The lowest BCUT2D eigenvalue weighted by atomic mass is 10.2. The Balaban J connectivity index is 2.72. The summed E-state index contributed by atoms with van der Waals surface area (Å²) in [5, 5.41) is 11.0. The monoisotopic (exact) mass is 163 g/mol. The van der Waals surface area contributed by atoms with Gasteiger partial charge in [0, 0.05) is 29.2 Å². The van der Waals surface area contributed by atoms with Crippen molar-refractivity contribution in [3.05, 3.63) is 40.6 Å². The molecule has 0 aliphatic heterocycles. The van der Waals surface area contributed by atoms with Crippen molar-refractivity contribution in [1.82, 2.24) is 4.98 Å². The first-order chi connectivity index (χ1) is 6.18. The SMILES string of the molecule is [2H]c1c[nH]c2ccc([N+](=O)[O-])cc12. The molecular weight excluding hydrogens is 156 g/mol. The van der Waals surface area contributed by atoms with Gasteiger partial charge < -0.3 is 4.98 Å². The quantitative estimate of drug-likeness (QED) is 0.516. The maximum atomic E-state index is 10.4. The summed E-state index contributed by atoms with van der Waals surface area (Å²) in [7, 11) is 0. The molecule has 1 heterocycles. The average Bonchev–Trinajstić information content (AvgIpc) is 2.47. The van der Waals surface area contributed by atoms with Gasteiger partial charge in [-0.3, -0.25) is 10.1 Å². The van der Waals surface area contributed by atoms with Crippen LogP contribution in [0, 0.1) is 10.1 Å². The maximum absolute atomic E-state index is 10.4. The Bertz CT molecular complexity index is 478. The summed E-state index contributed by atoms with van der Waals surface area (Å²) in [5.41, 5.74) is 0.760. The molecule has 0 atom stereocenters. The van der Waals surface area contributed by atoms with Crippen LogP contribution in [-0.4, -0.2) is 9.91 Å². The molecule has 1 aromatic carbocycles. The molecule has 0 aliphatic carbocycles. The summed E-state index contributed by atoms with van der Waals surface area (Å²) >= 11 is 0. The number of hydrogen-bond acceptors (Lipinski definition) is 2. The van der Waals surface area contributed by atoms with Crippen LogP contribution >= 0.6 is 0 Å². The Morgan fingerprint density at radius 3 is 3.17 bits per heavy atom. The predicted molar refractivity (Wildman–Crippen MR) is 45.0 cm³/mol. The van der Waals surface area contributed by atoms with Gasteiger partial charge >= 0.3 is 0 Å². The van der Waals surface area contributed by atoms with Gasteiger partial charge in [-0.1, -0.05) is 0 Å². The summed E-state index contributed by atoms with van der Waals surface area (Å²) in [5.74, 6) is 0. The van der Waals surface area contributed by atoms with E-state index in [0.717, 1.165) is 5.52 Å². The second kappa shape index (κ2) is 2.34. The number of hydrogen-bond donors (Lipinski definition) is 1. The molecule has 1 N–H and O–H groups in total. The van der Waals surface area contributed by atoms with Crippen molar-refractivity contribution in [3.63, 3.8) is 0 Å². The van der Waals surface area contributed by atoms with E-state index in [0.29, 0.717) is 5.39 Å². The molecule has 2 rings (SSSR count). The van der Waals surface area contributed by atoms with Crippen LogP contribution < -0.4 is 0 Å². The number of rotatable bonds is 1. The molecule has 0 amide bonds. The number of nitro benzene ring substituents is 1. The van der Waals surface area contributed by atoms with E-state index in [1.807, 2.05) is 0 Å². The second-order valence-corrected chi connectivity index (χ2v) is 2.42. The first-order valence-electron chi connectivity index (χ1n) is 3.90. The highest BCUT2D eigenvalue weighted by atomic mass is 16.6. The average molecular weight is 163 g/mol. The molecular formula is C8H6N2O2. The fourth-order valence-corrected chi connectivity index (χ4v) is 1.08. The summed E-state index contributed by atoms with van der Waals surface area (Å²) < 4.78 is 7.43. The van der Waals surface area contributed by atoms with Crippen molar-refractivity contribution >= 4 is 16.6 Å². The lowest BCUT2D eigenvalue weighted by Crippen LogP contribution is -1.86. The number of fused-ring (bicyclic) bond motifs is 1. The Kier molecular flexibility index (Phi) is 1.12. The minimum absolute atomic E-state index is 0.0144. The van der Waals surface area contributed by atoms with E-state index in [1.165, 1.54) is 18.3 Å². The van der Waals surface area contributed by atoms with Gasteiger partial charge in [0.05, 0.1) is 6.29 Å². The van der Waals surface area contributed by atoms with Gasteiger partial charge in [-0.15, -0.1) is 0 Å². The second-order valence-electron chi connectivity index (χ2n) is 2.42. The van der Waals surface area contributed by atoms with Gasteiger partial charge in [-0.05, 0) is 12.1 Å². The van der Waals surface area contributed by atoms with Crippen molar-refractivity contribution < 1.29 is 6.29 Å². The zero-order chi connectivity index (χ0) is 9.42. The number of benzene rings is 1. The van der Waals surface area contributed by atoms with E-state index in [-0.39, 0.29) is 11.7 Å². The van der Waals surface area contributed by atoms with E-state index in [2.05, 4.69) is 4.98 Å². The highest BCUT2D eigenvalue weighted by Crippen LogP contribution is 2.18. The van der Waals surface area contributed by atoms with E-state index in [4.69, 9.17) is 1.37 Å². The minimum Gasteiger partial charge on any atom is -0.361 e. The van der Waals surface area contributed by atoms with Crippen LogP contribution in [0.1, 0.15) is 1.37 Å². The Morgan fingerprint density at radius 1 is 1.58 bits per heavy atom. The first-order valence-corrected chi connectivity index (χ1v) is 3.40. The number of aromatic nitrogens is 1. The largest absolute Gasteiger partial charge is 0.361 e. The zero-order valence-corrected chi connectivity index (χ0v) is 6.07. The first kappa shape index (κ1) is 5.77. The van der Waals surface area contributed by atoms with Crippen molar-refractivity contribution in [2.75, 3.05) is 0 Å². The Labute approximate surface area is 69.4 Å². The van der Waals surface area contributed by atoms with Crippen LogP contribution in [0.5, 0.6) is 0 Å². The predicted octanol–water partition coefficient (Wildman–Crippen LogP) is 2.08. The van der Waals surface area contributed by atoms with Crippen LogP contribution in [0.4, 0.5) is 5.69 Å². The minimum atomic E-state index is -0.466. The molecule has 0 unspecified atom stereocenters. The standard InChI is InChI=1S/C8H6N2O2/c11-10(12)7-1-2-8-6(5-7)3-4-9-8/h1-5,9H/i3D. The van der Waals surface area contributed by atoms with Gasteiger partial charge in [-0.25, -0.2) is 0 Å². The summed E-state index contributed by atoms with van der Waals surface area (Å²) in [6.07, 6.45) is 1.51. The molecule has 12 heavy (non-hydrogen) atoms. The molecule has 0 radical (unpaired) electrons. The third kappa shape index (κ3) is 0.934. The van der Waals surface area contributed by atoms with Gasteiger partial charge in [-0.2, -0.15) is 0 Å². The third-order valence-corrected chi connectivity index (χ3v) is 1.67. The van der Waals surface area contributed by atoms with Gasteiger partial charge in [0.25, 0.3) is 5.69 Å². The lowest BCUT2D eigenvalue weighted by molar-refractivity contribution is -0.384. The highest BCUT2D eigenvalue weighted by molar-refractivity contribution is 5.81. The molecule has 60 valence electrons. The zero-order valence-electron chi connectivity index (χ0n) is 7.07. The third-order valence-electron chi connectivity index (χ3n) is 1.67. The molecule has 0 fully saturated rings. The van der Waals surface area contributed by atoms with Gasteiger partial charge in [0.1, 0.15) is 0 Å². The van der Waals surface area contributed by atoms with E-state index >= 15 is 0 Å². The Morgan fingerprint density at radius 2 is 2.42 bits per heavy atom. The normalized spacial score (nSPS) is 11.5. The number of H-pyrrole nitrogens is 1. The van der Waals surface area contributed by atoms with Crippen LogP contribution in [-0.2, 0) is 0 Å². The number of nitrogens with one attached hydrogen (secondary N) is 1. The maximum Gasteiger partial charge on any atom is 0.270 e. The van der Waals surface area contributed by atoms with E-state index in [9.17, 15) is 10.1 Å². The number of aromatic amines is 1. The molecule has 0 saturated heterocycles. The van der Waals surface area contributed by atoms with Crippen LogP contribution in [0.2, 0.25) is 0 Å². The van der Waals surface area contributed by atoms with Crippen molar-refractivity contribution in [2.24, 2.45) is 0 Å². The molecule has 2 aromatic rings. The molecule has 1 aromatic heterocycles. The smallest absolute Gasteiger partial charge is 0.270 e. The van der Waals surface area contributed by atoms with Gasteiger partial charge in [0.15, 0.2) is 0 Å². The van der Waals surface area contributed by atoms with Crippen molar-refractivity contribution in [1.29, 1.82) is 0 Å². The molecule has 4 heteroatoms. The van der Waals surface area contributed by atoms with Gasteiger partial charge in [0.2, 0.25) is 0 Å².